The van der Waals surface area contributed by atoms with Crippen molar-refractivity contribution in [3.05, 3.63) is 59.9 Å². The monoisotopic (exact) mass is 341 g/mol. The second-order valence-corrected chi connectivity index (χ2v) is 6.33. The molecule has 0 aliphatic rings. The fourth-order valence-corrected chi connectivity index (χ4v) is 3.18. The lowest BCUT2D eigenvalue weighted by Gasteiger charge is -2.13. The molecule has 0 saturated heterocycles. The summed E-state index contributed by atoms with van der Waals surface area (Å²) in [6, 6.07) is 11.3. The first-order valence-electron chi connectivity index (χ1n) is 7.60. The number of aryl methyl sites for hydroxylation is 1. The number of nitrogens with zero attached hydrogens (tertiary/aromatic N) is 2. The number of pyridine rings is 1. The number of nitrogens with one attached hydrogen (secondary N) is 1. The van der Waals surface area contributed by atoms with E-state index in [0.29, 0.717) is 10.6 Å². The summed E-state index contributed by atoms with van der Waals surface area (Å²) in [5.74, 6) is -0.229. The molecule has 0 aliphatic carbocycles. The molecule has 0 radical (unpaired) electrons. The van der Waals surface area contributed by atoms with E-state index in [1.165, 1.54) is 11.8 Å². The predicted octanol–water partition coefficient (Wildman–Crippen LogP) is 2.76. The SMILES string of the molecule is CSc1ncccc1C(=O)NCC(O)c1ccc2c(ccn2C)c1. The van der Waals surface area contributed by atoms with Gasteiger partial charge in [0.15, 0.2) is 0 Å². The Morgan fingerprint density at radius 3 is 3.00 bits per heavy atom. The van der Waals surface area contributed by atoms with E-state index in [0.717, 1.165) is 16.5 Å². The first kappa shape index (κ1) is 16.5. The molecule has 3 rings (SSSR count). The molecule has 0 spiro atoms. The lowest BCUT2D eigenvalue weighted by Crippen LogP contribution is -2.28. The van der Waals surface area contributed by atoms with Gasteiger partial charge in [0.2, 0.25) is 0 Å². The summed E-state index contributed by atoms with van der Waals surface area (Å²) < 4.78 is 2.03. The zero-order chi connectivity index (χ0) is 17.1. The molecule has 1 unspecified atom stereocenters. The van der Waals surface area contributed by atoms with Gasteiger partial charge in [-0.2, -0.15) is 0 Å². The predicted molar refractivity (Wildman–Crippen MR) is 96.2 cm³/mol. The lowest BCUT2D eigenvalue weighted by molar-refractivity contribution is 0.0913. The second kappa shape index (κ2) is 7.07. The van der Waals surface area contributed by atoms with Crippen LogP contribution in [0.15, 0.2) is 53.8 Å². The Morgan fingerprint density at radius 2 is 2.21 bits per heavy atom. The van der Waals surface area contributed by atoms with Crippen LogP contribution in [0.3, 0.4) is 0 Å². The topological polar surface area (TPSA) is 67.2 Å². The molecule has 124 valence electrons. The van der Waals surface area contributed by atoms with Crippen LogP contribution in [0.2, 0.25) is 0 Å². The van der Waals surface area contributed by atoms with Gasteiger partial charge in [0.1, 0.15) is 5.03 Å². The number of aliphatic hydroxyl groups excluding tert-OH is 1. The van der Waals surface area contributed by atoms with E-state index in [-0.39, 0.29) is 12.5 Å². The molecule has 2 aromatic heterocycles. The van der Waals surface area contributed by atoms with Crippen molar-refractivity contribution in [3.63, 3.8) is 0 Å². The minimum Gasteiger partial charge on any atom is -0.387 e. The Hall–Kier alpha value is -2.31. The number of rotatable bonds is 5. The van der Waals surface area contributed by atoms with E-state index in [1.807, 2.05) is 48.3 Å². The van der Waals surface area contributed by atoms with E-state index >= 15 is 0 Å². The highest BCUT2D eigenvalue weighted by Gasteiger charge is 2.14. The summed E-state index contributed by atoms with van der Waals surface area (Å²) in [4.78, 5) is 16.5. The minimum absolute atomic E-state index is 0.153. The van der Waals surface area contributed by atoms with Crippen LogP contribution in [0.25, 0.3) is 10.9 Å². The Labute approximate surface area is 144 Å². The van der Waals surface area contributed by atoms with Gasteiger partial charge >= 0.3 is 0 Å². The van der Waals surface area contributed by atoms with Gasteiger partial charge in [-0.3, -0.25) is 4.79 Å². The molecule has 0 bridgehead atoms. The molecule has 0 aliphatic heterocycles. The van der Waals surface area contributed by atoms with Crippen LogP contribution >= 0.6 is 11.8 Å². The zero-order valence-corrected chi connectivity index (χ0v) is 14.4. The van der Waals surface area contributed by atoms with Gasteiger partial charge in [-0.1, -0.05) is 6.07 Å². The first-order chi connectivity index (χ1) is 11.6. The van der Waals surface area contributed by atoms with Crippen LogP contribution in [0.4, 0.5) is 0 Å². The molecule has 24 heavy (non-hydrogen) atoms. The molecule has 2 N–H and O–H groups in total. The lowest BCUT2D eigenvalue weighted by atomic mass is 10.1. The van der Waals surface area contributed by atoms with Crippen molar-refractivity contribution in [2.45, 2.75) is 11.1 Å². The van der Waals surface area contributed by atoms with Crippen LogP contribution in [0, 0.1) is 0 Å². The Kier molecular flexibility index (Phi) is 4.87. The average Bonchev–Trinajstić information content (AvgIpc) is 2.99. The van der Waals surface area contributed by atoms with Crippen molar-refractivity contribution >= 4 is 28.6 Å². The number of aromatic nitrogens is 2. The summed E-state index contributed by atoms with van der Waals surface area (Å²) >= 11 is 1.42. The number of fused-ring (bicyclic) bond motifs is 1. The fourth-order valence-electron chi connectivity index (χ4n) is 2.64. The van der Waals surface area contributed by atoms with Crippen molar-refractivity contribution < 1.29 is 9.90 Å². The summed E-state index contributed by atoms with van der Waals surface area (Å²) in [5, 5.41) is 14.9. The average molecular weight is 341 g/mol. The van der Waals surface area contributed by atoms with E-state index in [2.05, 4.69) is 10.3 Å². The van der Waals surface area contributed by atoms with Gasteiger partial charge in [0, 0.05) is 31.5 Å². The van der Waals surface area contributed by atoms with Gasteiger partial charge in [-0.15, -0.1) is 11.8 Å². The molecule has 1 amide bonds. The second-order valence-electron chi connectivity index (χ2n) is 5.53. The van der Waals surface area contributed by atoms with Gasteiger partial charge in [-0.25, -0.2) is 4.98 Å². The van der Waals surface area contributed by atoms with E-state index in [4.69, 9.17) is 0 Å². The quantitative estimate of drug-likeness (QED) is 0.700. The highest BCUT2D eigenvalue weighted by atomic mass is 32.2. The third-order valence-corrected chi connectivity index (χ3v) is 4.67. The maximum Gasteiger partial charge on any atom is 0.254 e. The Bertz CT molecular complexity index is 876. The largest absolute Gasteiger partial charge is 0.387 e. The summed E-state index contributed by atoms with van der Waals surface area (Å²) in [5.41, 5.74) is 2.41. The highest BCUT2D eigenvalue weighted by molar-refractivity contribution is 7.98. The number of thioether (sulfide) groups is 1. The maximum absolute atomic E-state index is 12.3. The number of aliphatic hydroxyl groups is 1. The number of carbonyl (C=O) groups is 1. The van der Waals surface area contributed by atoms with Crippen LogP contribution in [-0.4, -0.2) is 33.4 Å². The van der Waals surface area contributed by atoms with Gasteiger partial charge < -0.3 is 15.0 Å². The normalized spacial score (nSPS) is 12.3. The van der Waals surface area contributed by atoms with E-state index < -0.39 is 6.10 Å². The van der Waals surface area contributed by atoms with Crippen molar-refractivity contribution in [2.75, 3.05) is 12.8 Å². The first-order valence-corrected chi connectivity index (χ1v) is 8.83. The van der Waals surface area contributed by atoms with Crippen molar-refractivity contribution in [3.8, 4) is 0 Å². The van der Waals surface area contributed by atoms with Crippen LogP contribution in [-0.2, 0) is 7.05 Å². The summed E-state index contributed by atoms with van der Waals surface area (Å²) in [7, 11) is 1.98. The third kappa shape index (κ3) is 3.29. The fraction of sp³-hybridized carbons (Fsp3) is 0.222. The number of carbonyl (C=O) groups excluding carboxylic acids is 1. The number of amides is 1. The maximum atomic E-state index is 12.3. The van der Waals surface area contributed by atoms with Crippen molar-refractivity contribution in [1.82, 2.24) is 14.9 Å². The van der Waals surface area contributed by atoms with Crippen LogP contribution in [0.5, 0.6) is 0 Å². The van der Waals surface area contributed by atoms with Gasteiger partial charge in [-0.05, 0) is 47.5 Å². The molecular formula is C18H19N3O2S. The molecule has 0 fully saturated rings. The van der Waals surface area contributed by atoms with Crippen LogP contribution in [0.1, 0.15) is 22.0 Å². The Balaban J connectivity index is 1.69. The minimum atomic E-state index is -0.757. The number of hydrogen-bond donors (Lipinski definition) is 2. The molecule has 1 aromatic carbocycles. The van der Waals surface area contributed by atoms with E-state index in [1.54, 1.807) is 18.3 Å². The van der Waals surface area contributed by atoms with Crippen molar-refractivity contribution in [1.29, 1.82) is 0 Å². The summed E-state index contributed by atoms with van der Waals surface area (Å²) in [6.45, 7) is 0.153. The molecule has 2 heterocycles. The van der Waals surface area contributed by atoms with Crippen molar-refractivity contribution in [2.24, 2.45) is 7.05 Å². The molecule has 1 atom stereocenters. The Morgan fingerprint density at radius 1 is 1.38 bits per heavy atom. The number of benzene rings is 1. The number of hydrogen-bond acceptors (Lipinski definition) is 4. The summed E-state index contributed by atoms with van der Waals surface area (Å²) in [6.07, 6.45) is 4.76. The van der Waals surface area contributed by atoms with Gasteiger partial charge in [0.25, 0.3) is 5.91 Å². The molecule has 5 nitrogen and oxygen atoms in total. The zero-order valence-electron chi connectivity index (χ0n) is 13.6. The molecule has 6 heteroatoms. The van der Waals surface area contributed by atoms with Gasteiger partial charge in [0.05, 0.1) is 11.7 Å². The van der Waals surface area contributed by atoms with E-state index in [9.17, 15) is 9.90 Å². The molecule has 0 saturated carbocycles. The molecular weight excluding hydrogens is 322 g/mol. The highest BCUT2D eigenvalue weighted by Crippen LogP contribution is 2.21. The van der Waals surface area contributed by atoms with Crippen LogP contribution < -0.4 is 5.32 Å². The standard InChI is InChI=1S/C18H19N3O2S/c1-21-9-7-12-10-13(5-6-15(12)21)16(22)11-20-17(23)14-4-3-8-19-18(14)24-2/h3-10,16,22H,11H2,1-2H3,(H,20,23). The third-order valence-electron chi connectivity index (χ3n) is 3.96. The molecule has 3 aromatic rings. The smallest absolute Gasteiger partial charge is 0.254 e.